The molecule has 0 saturated carbocycles. The summed E-state index contributed by atoms with van der Waals surface area (Å²) < 4.78 is 0. The molecule has 16 aromatic rings. The number of anilines is 6. The second-order valence-electron chi connectivity index (χ2n) is 24.5. The largest absolute Gasteiger partial charge is 0.310 e. The van der Waals surface area contributed by atoms with Crippen molar-refractivity contribution in [1.82, 2.24) is 0 Å². The Morgan fingerprint density at radius 3 is 0.967 bits per heavy atom. The van der Waals surface area contributed by atoms with Crippen LogP contribution >= 0.6 is 0 Å². The molecule has 430 valence electrons. The molecule has 0 fully saturated rings. The maximum absolute atomic E-state index is 2.57. The molecule has 92 heavy (non-hydrogen) atoms. The summed E-state index contributed by atoms with van der Waals surface area (Å²) in [6, 6.07) is 136. The van der Waals surface area contributed by atoms with Crippen molar-refractivity contribution in [3.8, 4) is 33.4 Å². The van der Waals surface area contributed by atoms with Crippen LogP contribution in [0.4, 0.5) is 34.1 Å². The van der Waals surface area contributed by atoms with Crippen LogP contribution in [0.2, 0.25) is 0 Å². The van der Waals surface area contributed by atoms with Gasteiger partial charge in [-0.15, -0.1) is 0 Å². The first kappa shape index (κ1) is 53.2. The van der Waals surface area contributed by atoms with E-state index in [0.29, 0.717) is 0 Å². The standard InChI is InChI=1S/C90H60N2/c1-7-32-62(33-8-1)89(63-34-9-2-10-35-63)80-53-23-25-55-82(80)91(66-40-15-5-16-41-66)84-57-29-51-75(87(84)89)71-47-27-49-73-77(71)60-78-72(48-28-50-74(78)86(73)79-59-61-31-19-20-44-68(61)69-45-21-22-46-70(69)79)76-52-30-58-85-88(76)90(64-36-11-3-12-37-64,65-38-13-4-14-39-65)81-54-24-26-56-83(81)92(85)67-42-17-6-18-43-67/h1-60H. The fourth-order valence-electron chi connectivity index (χ4n) is 16.4. The van der Waals surface area contributed by atoms with E-state index >= 15 is 0 Å². The van der Waals surface area contributed by atoms with E-state index in [-0.39, 0.29) is 0 Å². The van der Waals surface area contributed by atoms with Crippen LogP contribution < -0.4 is 9.80 Å². The number of rotatable bonds is 9. The highest BCUT2D eigenvalue weighted by Crippen LogP contribution is 2.63. The highest BCUT2D eigenvalue weighted by Gasteiger charge is 2.50. The number of nitrogens with zero attached hydrogens (tertiary/aromatic N) is 2. The van der Waals surface area contributed by atoms with E-state index in [2.05, 4.69) is 374 Å². The van der Waals surface area contributed by atoms with Crippen molar-refractivity contribution in [2.75, 3.05) is 9.80 Å². The van der Waals surface area contributed by atoms with Gasteiger partial charge in [-0.05, 0) is 171 Å². The molecule has 18 rings (SSSR count). The molecule has 16 aromatic carbocycles. The number of para-hydroxylation sites is 4. The highest BCUT2D eigenvalue weighted by atomic mass is 15.2. The van der Waals surface area contributed by atoms with Gasteiger partial charge in [-0.3, -0.25) is 0 Å². The average molecular weight is 1170 g/mol. The normalized spacial score (nSPS) is 13.6. The van der Waals surface area contributed by atoms with Gasteiger partial charge in [-0.1, -0.05) is 303 Å². The van der Waals surface area contributed by atoms with Crippen LogP contribution in [0.1, 0.15) is 44.5 Å². The van der Waals surface area contributed by atoms with Gasteiger partial charge in [-0.25, -0.2) is 0 Å². The molecule has 2 heteroatoms. The maximum Gasteiger partial charge on any atom is 0.0748 e. The Hall–Kier alpha value is -11.8. The summed E-state index contributed by atoms with van der Waals surface area (Å²) in [5.41, 5.74) is 22.0. The van der Waals surface area contributed by atoms with E-state index in [1.165, 1.54) is 110 Å². The SMILES string of the molecule is c1ccc(N2c3ccccc3C(c3ccccc3)(c3ccccc3)c3c(-c4cccc5c(-c6cc7ccccc7c7ccccc67)c6cccc(-c7cccc8c7C(c7ccccc7)(c7ccccc7)c7ccccc7N8c7ccccc7)c6cc45)cccc32)cc1. The van der Waals surface area contributed by atoms with E-state index in [4.69, 9.17) is 0 Å². The van der Waals surface area contributed by atoms with Gasteiger partial charge < -0.3 is 9.80 Å². The first-order valence-corrected chi connectivity index (χ1v) is 32.0. The lowest BCUT2D eigenvalue weighted by Crippen LogP contribution is -2.38. The summed E-state index contributed by atoms with van der Waals surface area (Å²) in [6.45, 7) is 0. The van der Waals surface area contributed by atoms with Crippen LogP contribution in [0.25, 0.3) is 76.5 Å². The van der Waals surface area contributed by atoms with Gasteiger partial charge in [0.25, 0.3) is 0 Å². The lowest BCUT2D eigenvalue weighted by atomic mass is 9.60. The minimum Gasteiger partial charge on any atom is -0.310 e. The first-order chi connectivity index (χ1) is 45.7. The van der Waals surface area contributed by atoms with Crippen molar-refractivity contribution in [2.45, 2.75) is 10.8 Å². The Morgan fingerprint density at radius 2 is 0.522 bits per heavy atom. The summed E-state index contributed by atoms with van der Waals surface area (Å²) >= 11 is 0. The molecule has 0 amide bonds. The zero-order valence-electron chi connectivity index (χ0n) is 50.5. The summed E-state index contributed by atoms with van der Waals surface area (Å²) in [5, 5.41) is 9.62. The Balaban J connectivity index is 1.02. The molecule has 0 aliphatic carbocycles. The molecule has 0 radical (unpaired) electrons. The Bertz CT molecular complexity index is 5150. The summed E-state index contributed by atoms with van der Waals surface area (Å²) in [6.07, 6.45) is 0. The lowest BCUT2D eigenvalue weighted by molar-refractivity contribution is 0.733. The molecule has 2 aliphatic rings. The summed E-state index contributed by atoms with van der Waals surface area (Å²) in [5.74, 6) is 0. The maximum atomic E-state index is 2.57. The molecule has 0 bridgehead atoms. The van der Waals surface area contributed by atoms with Crippen LogP contribution in [0.3, 0.4) is 0 Å². The molecule has 0 atom stereocenters. The van der Waals surface area contributed by atoms with E-state index in [1.54, 1.807) is 0 Å². The van der Waals surface area contributed by atoms with Crippen molar-refractivity contribution in [1.29, 1.82) is 0 Å². The van der Waals surface area contributed by atoms with Crippen LogP contribution in [0.15, 0.2) is 364 Å². The van der Waals surface area contributed by atoms with Gasteiger partial charge in [-0.2, -0.15) is 0 Å². The van der Waals surface area contributed by atoms with E-state index in [9.17, 15) is 0 Å². The third-order valence-corrected chi connectivity index (χ3v) is 19.9. The van der Waals surface area contributed by atoms with Crippen molar-refractivity contribution >= 4 is 77.2 Å². The van der Waals surface area contributed by atoms with Crippen molar-refractivity contribution in [2.24, 2.45) is 0 Å². The molecule has 2 aliphatic heterocycles. The topological polar surface area (TPSA) is 6.48 Å². The Labute approximate surface area is 536 Å². The molecule has 2 heterocycles. The van der Waals surface area contributed by atoms with Crippen LogP contribution in [0, 0.1) is 0 Å². The molecule has 0 unspecified atom stereocenters. The molecular formula is C90H60N2. The summed E-state index contributed by atoms with van der Waals surface area (Å²) in [4.78, 5) is 5.01. The summed E-state index contributed by atoms with van der Waals surface area (Å²) in [7, 11) is 0. The van der Waals surface area contributed by atoms with Gasteiger partial charge in [0.15, 0.2) is 0 Å². The number of benzene rings is 16. The quantitative estimate of drug-likeness (QED) is 0.105. The zero-order valence-corrected chi connectivity index (χ0v) is 50.5. The number of hydrogen-bond donors (Lipinski definition) is 0. The van der Waals surface area contributed by atoms with E-state index < -0.39 is 10.8 Å². The third-order valence-electron chi connectivity index (χ3n) is 19.9. The Morgan fingerprint density at radius 1 is 0.196 bits per heavy atom. The van der Waals surface area contributed by atoms with Crippen molar-refractivity contribution < 1.29 is 0 Å². The Kier molecular flexibility index (Phi) is 12.4. The van der Waals surface area contributed by atoms with Gasteiger partial charge in [0.1, 0.15) is 0 Å². The fourth-order valence-corrected chi connectivity index (χ4v) is 16.4. The minimum absolute atomic E-state index is 0.764. The predicted molar refractivity (Wildman–Crippen MR) is 386 cm³/mol. The van der Waals surface area contributed by atoms with Gasteiger partial charge >= 0.3 is 0 Å². The van der Waals surface area contributed by atoms with Crippen molar-refractivity contribution in [3.05, 3.63) is 408 Å². The average Bonchev–Trinajstić information content (AvgIpc) is 0.698. The monoisotopic (exact) mass is 1170 g/mol. The zero-order chi connectivity index (χ0) is 60.7. The van der Waals surface area contributed by atoms with Gasteiger partial charge in [0, 0.05) is 22.5 Å². The molecule has 0 saturated heterocycles. The second-order valence-corrected chi connectivity index (χ2v) is 24.5. The van der Waals surface area contributed by atoms with Crippen LogP contribution in [-0.2, 0) is 10.8 Å². The van der Waals surface area contributed by atoms with Crippen LogP contribution in [0.5, 0.6) is 0 Å². The predicted octanol–water partition coefficient (Wildman–Crippen LogP) is 23.6. The van der Waals surface area contributed by atoms with Crippen LogP contribution in [-0.4, -0.2) is 0 Å². The first-order valence-electron chi connectivity index (χ1n) is 32.0. The highest BCUT2D eigenvalue weighted by molar-refractivity contribution is 6.25. The molecule has 0 spiro atoms. The molecule has 0 N–H and O–H groups in total. The van der Waals surface area contributed by atoms with Gasteiger partial charge in [0.05, 0.1) is 33.6 Å². The van der Waals surface area contributed by atoms with Crippen molar-refractivity contribution in [3.63, 3.8) is 0 Å². The minimum atomic E-state index is -0.764. The van der Waals surface area contributed by atoms with Gasteiger partial charge in [0.2, 0.25) is 0 Å². The number of fused-ring (bicyclic) bond motifs is 9. The molecule has 2 nitrogen and oxygen atoms in total. The second kappa shape index (κ2) is 21.4. The van der Waals surface area contributed by atoms with E-state index in [1.807, 2.05) is 0 Å². The van der Waals surface area contributed by atoms with E-state index in [0.717, 1.165) is 45.3 Å². The molecule has 0 aromatic heterocycles. The smallest absolute Gasteiger partial charge is 0.0748 e. The number of hydrogen-bond acceptors (Lipinski definition) is 2. The third kappa shape index (κ3) is 7.81. The molecular weight excluding hydrogens is 1110 g/mol. The lowest BCUT2D eigenvalue weighted by Gasteiger charge is -2.47. The fraction of sp³-hybridized carbons (Fsp3) is 0.0222.